The second-order valence-corrected chi connectivity index (χ2v) is 4.69. The Labute approximate surface area is 108 Å². The predicted octanol–water partition coefficient (Wildman–Crippen LogP) is 2.04. The number of nitrogens with two attached hydrogens (primary N) is 1. The largest absolute Gasteiger partial charge is 0.399 e. The molecule has 0 spiro atoms. The molecule has 1 heterocycles. The second kappa shape index (κ2) is 5.29. The van der Waals surface area contributed by atoms with E-state index in [4.69, 9.17) is 5.73 Å². The number of hydrogen-bond acceptors (Lipinski definition) is 3. The van der Waals surface area contributed by atoms with Gasteiger partial charge in [0.1, 0.15) is 0 Å². The van der Waals surface area contributed by atoms with Crippen molar-refractivity contribution in [3.05, 3.63) is 23.8 Å². The third kappa shape index (κ3) is 2.42. The van der Waals surface area contributed by atoms with Gasteiger partial charge in [0.25, 0.3) is 0 Å². The van der Waals surface area contributed by atoms with Gasteiger partial charge in [0.05, 0.1) is 0 Å². The number of anilines is 2. The van der Waals surface area contributed by atoms with E-state index >= 15 is 0 Å². The van der Waals surface area contributed by atoms with Crippen LogP contribution in [0.4, 0.5) is 11.4 Å². The van der Waals surface area contributed by atoms with E-state index < -0.39 is 0 Å². The highest BCUT2D eigenvalue weighted by atomic mass is 16.2. The van der Waals surface area contributed by atoms with Gasteiger partial charge in [0.15, 0.2) is 0 Å². The zero-order chi connectivity index (χ0) is 13.1. The van der Waals surface area contributed by atoms with E-state index in [-0.39, 0.29) is 11.8 Å². The van der Waals surface area contributed by atoms with Gasteiger partial charge in [-0.1, -0.05) is 0 Å². The SMILES string of the molecule is CCN(CC)C(=O)CC1CNc2ccc(N)cc21. The molecule has 0 saturated carbocycles. The minimum Gasteiger partial charge on any atom is -0.399 e. The molecule has 3 N–H and O–H groups in total. The Morgan fingerprint density at radius 1 is 1.44 bits per heavy atom. The van der Waals surface area contributed by atoms with Crippen LogP contribution in [0.3, 0.4) is 0 Å². The molecule has 1 atom stereocenters. The van der Waals surface area contributed by atoms with E-state index in [9.17, 15) is 4.79 Å². The number of benzene rings is 1. The van der Waals surface area contributed by atoms with E-state index in [2.05, 4.69) is 5.32 Å². The molecule has 1 aliphatic rings. The summed E-state index contributed by atoms with van der Waals surface area (Å²) in [4.78, 5) is 14.0. The zero-order valence-electron chi connectivity index (χ0n) is 11.1. The van der Waals surface area contributed by atoms with Crippen LogP contribution < -0.4 is 11.1 Å². The van der Waals surface area contributed by atoms with Gasteiger partial charge in [-0.05, 0) is 37.6 Å². The lowest BCUT2D eigenvalue weighted by atomic mass is 9.97. The molecule has 0 aromatic heterocycles. The van der Waals surface area contributed by atoms with Crippen LogP contribution in [0, 0.1) is 0 Å². The molecule has 0 aliphatic carbocycles. The van der Waals surface area contributed by atoms with Gasteiger partial charge in [0.2, 0.25) is 5.91 Å². The molecular weight excluding hydrogens is 226 g/mol. The maximum Gasteiger partial charge on any atom is 0.223 e. The molecule has 4 nitrogen and oxygen atoms in total. The summed E-state index contributed by atoms with van der Waals surface area (Å²) >= 11 is 0. The molecule has 98 valence electrons. The van der Waals surface area contributed by atoms with Gasteiger partial charge < -0.3 is 16.0 Å². The highest BCUT2D eigenvalue weighted by Gasteiger charge is 2.25. The van der Waals surface area contributed by atoms with Gasteiger partial charge in [-0.2, -0.15) is 0 Å². The maximum atomic E-state index is 12.1. The molecule has 1 amide bonds. The smallest absolute Gasteiger partial charge is 0.223 e. The van der Waals surface area contributed by atoms with Crippen LogP contribution in [0.2, 0.25) is 0 Å². The Balaban J connectivity index is 2.10. The number of nitrogen functional groups attached to an aromatic ring is 1. The quantitative estimate of drug-likeness (QED) is 0.800. The first-order valence-corrected chi connectivity index (χ1v) is 6.56. The van der Waals surface area contributed by atoms with Crippen molar-refractivity contribution in [1.82, 2.24) is 4.90 Å². The predicted molar refractivity (Wildman–Crippen MR) is 74.6 cm³/mol. The number of carbonyl (C=O) groups excluding carboxylic acids is 1. The first kappa shape index (κ1) is 12.7. The molecule has 1 aromatic rings. The van der Waals surface area contributed by atoms with Crippen molar-refractivity contribution in [2.75, 3.05) is 30.7 Å². The molecule has 1 unspecified atom stereocenters. The Bertz CT molecular complexity index is 441. The third-order valence-electron chi connectivity index (χ3n) is 3.59. The van der Waals surface area contributed by atoms with Crippen LogP contribution in [0.15, 0.2) is 18.2 Å². The van der Waals surface area contributed by atoms with Gasteiger partial charge in [-0.15, -0.1) is 0 Å². The van der Waals surface area contributed by atoms with Gasteiger partial charge in [-0.3, -0.25) is 4.79 Å². The number of hydrogen-bond donors (Lipinski definition) is 2. The van der Waals surface area contributed by atoms with E-state index in [0.717, 1.165) is 31.0 Å². The zero-order valence-corrected chi connectivity index (χ0v) is 11.1. The highest BCUT2D eigenvalue weighted by molar-refractivity contribution is 5.78. The summed E-state index contributed by atoms with van der Waals surface area (Å²) in [5.74, 6) is 0.471. The summed E-state index contributed by atoms with van der Waals surface area (Å²) < 4.78 is 0. The van der Waals surface area contributed by atoms with Crippen molar-refractivity contribution in [3.63, 3.8) is 0 Å². The van der Waals surface area contributed by atoms with Crippen molar-refractivity contribution in [1.29, 1.82) is 0 Å². The van der Waals surface area contributed by atoms with Gasteiger partial charge >= 0.3 is 0 Å². The van der Waals surface area contributed by atoms with Crippen molar-refractivity contribution < 1.29 is 4.79 Å². The van der Waals surface area contributed by atoms with Gasteiger partial charge in [0, 0.05) is 43.3 Å². The molecule has 0 fully saturated rings. The van der Waals surface area contributed by atoms with E-state index in [1.54, 1.807) is 0 Å². The lowest BCUT2D eigenvalue weighted by molar-refractivity contribution is -0.131. The topological polar surface area (TPSA) is 58.4 Å². The summed E-state index contributed by atoms with van der Waals surface area (Å²) in [7, 11) is 0. The fraction of sp³-hybridized carbons (Fsp3) is 0.500. The number of nitrogens with one attached hydrogen (secondary N) is 1. The molecule has 0 saturated heterocycles. The third-order valence-corrected chi connectivity index (χ3v) is 3.59. The van der Waals surface area contributed by atoms with Crippen LogP contribution in [0.5, 0.6) is 0 Å². The number of carbonyl (C=O) groups is 1. The normalized spacial score (nSPS) is 17.1. The lowest BCUT2D eigenvalue weighted by Crippen LogP contribution is -2.31. The minimum atomic E-state index is 0.224. The van der Waals surface area contributed by atoms with Crippen molar-refractivity contribution in [2.24, 2.45) is 0 Å². The molecule has 0 radical (unpaired) electrons. The van der Waals surface area contributed by atoms with Crippen LogP contribution in [-0.2, 0) is 4.79 Å². The average molecular weight is 247 g/mol. The maximum absolute atomic E-state index is 12.1. The molecule has 18 heavy (non-hydrogen) atoms. The van der Waals surface area contributed by atoms with Crippen LogP contribution >= 0.6 is 0 Å². The Morgan fingerprint density at radius 2 is 2.17 bits per heavy atom. The fourth-order valence-corrected chi connectivity index (χ4v) is 2.52. The summed E-state index contributed by atoms with van der Waals surface area (Å²) in [5, 5.41) is 3.33. The lowest BCUT2D eigenvalue weighted by Gasteiger charge is -2.20. The first-order chi connectivity index (χ1) is 8.65. The van der Waals surface area contributed by atoms with Gasteiger partial charge in [-0.25, -0.2) is 0 Å². The number of nitrogens with zero attached hydrogens (tertiary/aromatic N) is 1. The number of fused-ring (bicyclic) bond motifs is 1. The van der Waals surface area contributed by atoms with Crippen molar-refractivity contribution in [3.8, 4) is 0 Å². The van der Waals surface area contributed by atoms with E-state index in [0.29, 0.717) is 6.42 Å². The minimum absolute atomic E-state index is 0.224. The van der Waals surface area contributed by atoms with E-state index in [1.165, 1.54) is 5.56 Å². The van der Waals surface area contributed by atoms with Crippen LogP contribution in [-0.4, -0.2) is 30.4 Å². The Morgan fingerprint density at radius 3 is 2.83 bits per heavy atom. The first-order valence-electron chi connectivity index (χ1n) is 6.56. The number of amides is 1. The molecule has 1 aromatic carbocycles. The standard InChI is InChI=1S/C14H21N3O/c1-3-17(4-2)14(18)7-10-9-16-13-6-5-11(15)8-12(10)13/h5-6,8,10,16H,3-4,7,9,15H2,1-2H3. The van der Waals surface area contributed by atoms with E-state index in [1.807, 2.05) is 36.9 Å². The molecule has 4 heteroatoms. The highest BCUT2D eigenvalue weighted by Crippen LogP contribution is 2.35. The average Bonchev–Trinajstić information content (AvgIpc) is 2.73. The van der Waals surface area contributed by atoms with Crippen molar-refractivity contribution in [2.45, 2.75) is 26.2 Å². The Hall–Kier alpha value is -1.71. The molecule has 1 aliphatic heterocycles. The second-order valence-electron chi connectivity index (χ2n) is 4.69. The fourth-order valence-electron chi connectivity index (χ4n) is 2.52. The molecule has 0 bridgehead atoms. The summed E-state index contributed by atoms with van der Waals surface area (Å²) in [5.41, 5.74) is 8.86. The Kier molecular flexibility index (Phi) is 3.75. The van der Waals surface area contributed by atoms with Crippen molar-refractivity contribution >= 4 is 17.3 Å². The molecular formula is C14H21N3O. The van der Waals surface area contributed by atoms with Crippen LogP contribution in [0.25, 0.3) is 0 Å². The number of rotatable bonds is 4. The monoisotopic (exact) mass is 247 g/mol. The summed E-state index contributed by atoms with van der Waals surface area (Å²) in [6, 6.07) is 5.86. The summed E-state index contributed by atoms with van der Waals surface area (Å²) in [6.07, 6.45) is 0.561. The summed E-state index contributed by atoms with van der Waals surface area (Å²) in [6.45, 7) is 6.41. The van der Waals surface area contributed by atoms with Crippen LogP contribution in [0.1, 0.15) is 31.7 Å². The molecule has 2 rings (SSSR count).